The average Bonchev–Trinajstić information content (AvgIpc) is 2.35. The lowest BCUT2D eigenvalue weighted by molar-refractivity contribution is -0.229. The average molecular weight is 369 g/mol. The van der Waals surface area contributed by atoms with E-state index in [2.05, 4.69) is 15.9 Å². The number of carbonyl (C=O) groups excluding carboxylic acids is 3. The van der Waals surface area contributed by atoms with E-state index in [-0.39, 0.29) is 6.61 Å². The summed E-state index contributed by atoms with van der Waals surface area (Å²) in [6.07, 6.45) is -4.39. The van der Waals surface area contributed by atoms with Crippen molar-refractivity contribution in [2.45, 2.75) is 50.2 Å². The van der Waals surface area contributed by atoms with Gasteiger partial charge in [0.05, 0.1) is 0 Å². The van der Waals surface area contributed by atoms with E-state index >= 15 is 0 Å². The second-order valence-corrected chi connectivity index (χ2v) is 5.37. The molecule has 0 aromatic carbocycles. The first-order valence-electron chi connectivity index (χ1n) is 6.17. The van der Waals surface area contributed by atoms with Gasteiger partial charge in [0, 0.05) is 20.8 Å². The molecular weight excluding hydrogens is 352 g/mol. The topological polar surface area (TPSA) is 108 Å². The molecule has 21 heavy (non-hydrogen) atoms. The number of halogens is 1. The maximum absolute atomic E-state index is 11.2. The maximum Gasteiger partial charge on any atom is 0.303 e. The molecule has 120 valence electrons. The summed E-state index contributed by atoms with van der Waals surface area (Å²) in [5.41, 5.74) is 0. The van der Waals surface area contributed by atoms with Gasteiger partial charge in [-0.05, 0) is 0 Å². The van der Waals surface area contributed by atoms with Crippen molar-refractivity contribution in [3.63, 3.8) is 0 Å². The van der Waals surface area contributed by atoms with E-state index in [0.717, 1.165) is 6.92 Å². The number of aliphatic hydroxyl groups excluding tert-OH is 1. The number of ether oxygens (including phenoxy) is 4. The zero-order chi connectivity index (χ0) is 16.2. The van der Waals surface area contributed by atoms with E-state index in [9.17, 15) is 19.5 Å². The zero-order valence-corrected chi connectivity index (χ0v) is 13.4. The van der Waals surface area contributed by atoms with Gasteiger partial charge in [0.1, 0.15) is 18.8 Å². The third-order valence-corrected chi connectivity index (χ3v) is 3.40. The normalized spacial score (nSPS) is 32.1. The van der Waals surface area contributed by atoms with Crippen LogP contribution in [-0.2, 0) is 33.3 Å². The Balaban J connectivity index is 2.87. The van der Waals surface area contributed by atoms with Gasteiger partial charge in [0.25, 0.3) is 0 Å². The fraction of sp³-hybridized carbons (Fsp3) is 0.750. The number of carbonyl (C=O) groups is 3. The van der Waals surface area contributed by atoms with Gasteiger partial charge in [-0.1, -0.05) is 15.9 Å². The van der Waals surface area contributed by atoms with Gasteiger partial charge in [-0.2, -0.15) is 0 Å². The Hall–Kier alpha value is -1.19. The van der Waals surface area contributed by atoms with Crippen molar-refractivity contribution in [3.05, 3.63) is 0 Å². The number of alkyl halides is 1. The molecule has 8 nitrogen and oxygen atoms in total. The van der Waals surface area contributed by atoms with E-state index in [0.29, 0.717) is 0 Å². The summed E-state index contributed by atoms with van der Waals surface area (Å²) >= 11 is 3.15. The van der Waals surface area contributed by atoms with Crippen molar-refractivity contribution < 1.29 is 38.4 Å². The summed E-state index contributed by atoms with van der Waals surface area (Å²) in [5, 5.41) is 9.36. The third kappa shape index (κ3) is 5.25. The molecule has 1 aliphatic heterocycles. The summed E-state index contributed by atoms with van der Waals surface area (Å²) in [6.45, 7) is 3.34. The van der Waals surface area contributed by atoms with Crippen LogP contribution in [0.3, 0.4) is 0 Å². The molecular formula is C12H17BrO8. The Morgan fingerprint density at radius 1 is 1.05 bits per heavy atom. The van der Waals surface area contributed by atoms with Crippen LogP contribution < -0.4 is 0 Å². The third-order valence-electron chi connectivity index (χ3n) is 2.66. The minimum atomic E-state index is -1.31. The highest BCUT2D eigenvalue weighted by Gasteiger charge is 2.48. The maximum atomic E-state index is 11.2. The molecule has 0 aliphatic carbocycles. The first kappa shape index (κ1) is 17.9. The van der Waals surface area contributed by atoms with Crippen molar-refractivity contribution >= 4 is 33.8 Å². The van der Waals surface area contributed by atoms with Crippen molar-refractivity contribution in [2.24, 2.45) is 0 Å². The second kappa shape index (κ2) is 7.71. The molecule has 1 saturated heterocycles. The highest BCUT2D eigenvalue weighted by atomic mass is 79.9. The quantitative estimate of drug-likeness (QED) is 0.416. The fourth-order valence-corrected chi connectivity index (χ4v) is 2.54. The largest absolute Gasteiger partial charge is 0.463 e. The Morgan fingerprint density at radius 3 is 2.05 bits per heavy atom. The Bertz CT molecular complexity index is 412. The Labute approximate surface area is 129 Å². The predicted octanol–water partition coefficient (Wildman–Crippen LogP) is -0.106. The number of esters is 3. The fourth-order valence-electron chi connectivity index (χ4n) is 1.86. The van der Waals surface area contributed by atoms with Crippen molar-refractivity contribution in [1.82, 2.24) is 0 Å². The van der Waals surface area contributed by atoms with Crippen LogP contribution in [0, 0.1) is 0 Å². The molecule has 9 heteroatoms. The molecule has 1 rings (SSSR count). The van der Waals surface area contributed by atoms with Gasteiger partial charge in [-0.25, -0.2) is 0 Å². The number of hydrogen-bond donors (Lipinski definition) is 1. The molecule has 1 aliphatic rings. The zero-order valence-electron chi connectivity index (χ0n) is 11.8. The van der Waals surface area contributed by atoms with Crippen LogP contribution in [0.25, 0.3) is 0 Å². The lowest BCUT2D eigenvalue weighted by atomic mass is 10.00. The van der Waals surface area contributed by atoms with Crippen LogP contribution in [0.1, 0.15) is 20.8 Å². The molecule has 1 heterocycles. The molecule has 0 radical (unpaired) electrons. The number of hydrogen-bond acceptors (Lipinski definition) is 8. The van der Waals surface area contributed by atoms with E-state index in [1.54, 1.807) is 0 Å². The van der Waals surface area contributed by atoms with E-state index in [1.165, 1.54) is 13.8 Å². The van der Waals surface area contributed by atoms with E-state index in [4.69, 9.17) is 18.9 Å². The van der Waals surface area contributed by atoms with Gasteiger partial charge in [0.2, 0.25) is 0 Å². The summed E-state index contributed by atoms with van der Waals surface area (Å²) < 4.78 is 20.2. The summed E-state index contributed by atoms with van der Waals surface area (Å²) in [6, 6.07) is 0. The standard InChI is InChI=1S/C12H17BrO8/c1-5(14)18-4-8-9(17)10(19-6(2)15)11(12(13)21-8)20-7(3)16/h8-12,17H,4H2,1-3H3/t8?,9-,10?,11-,12-/m0/s1. The van der Waals surface area contributed by atoms with Gasteiger partial charge in [-0.3, -0.25) is 14.4 Å². The monoisotopic (exact) mass is 368 g/mol. The van der Waals surface area contributed by atoms with Crippen molar-refractivity contribution in [3.8, 4) is 0 Å². The molecule has 0 aromatic rings. The van der Waals surface area contributed by atoms with Crippen molar-refractivity contribution in [2.75, 3.05) is 6.61 Å². The second-order valence-electron chi connectivity index (χ2n) is 4.47. The number of rotatable bonds is 4. The number of aliphatic hydroxyl groups is 1. The lowest BCUT2D eigenvalue weighted by Crippen LogP contribution is -2.59. The molecule has 0 spiro atoms. The van der Waals surface area contributed by atoms with Crippen LogP contribution in [0.2, 0.25) is 0 Å². The highest BCUT2D eigenvalue weighted by Crippen LogP contribution is 2.29. The van der Waals surface area contributed by atoms with Crippen molar-refractivity contribution in [1.29, 1.82) is 0 Å². The minimum Gasteiger partial charge on any atom is -0.463 e. The first-order chi connectivity index (χ1) is 9.72. The molecule has 0 aromatic heterocycles. The first-order valence-corrected chi connectivity index (χ1v) is 7.09. The smallest absolute Gasteiger partial charge is 0.303 e. The molecule has 0 saturated carbocycles. The molecule has 0 bridgehead atoms. The molecule has 1 fully saturated rings. The van der Waals surface area contributed by atoms with Crippen LogP contribution in [-0.4, -0.2) is 59.1 Å². The molecule has 1 N–H and O–H groups in total. The van der Waals surface area contributed by atoms with Gasteiger partial charge >= 0.3 is 17.9 Å². The van der Waals surface area contributed by atoms with E-state index < -0.39 is 47.3 Å². The highest BCUT2D eigenvalue weighted by molar-refractivity contribution is 9.09. The van der Waals surface area contributed by atoms with Gasteiger partial charge in [0.15, 0.2) is 17.2 Å². The van der Waals surface area contributed by atoms with Crippen LogP contribution >= 0.6 is 15.9 Å². The van der Waals surface area contributed by atoms with E-state index in [1.807, 2.05) is 0 Å². The van der Waals surface area contributed by atoms with Gasteiger partial charge in [-0.15, -0.1) is 0 Å². The lowest BCUT2D eigenvalue weighted by Gasteiger charge is -2.41. The van der Waals surface area contributed by atoms with Gasteiger partial charge < -0.3 is 24.1 Å². The van der Waals surface area contributed by atoms with Crippen LogP contribution in [0.4, 0.5) is 0 Å². The predicted molar refractivity (Wildman–Crippen MR) is 71.3 cm³/mol. The van der Waals surface area contributed by atoms with Crippen LogP contribution in [0.5, 0.6) is 0 Å². The summed E-state index contributed by atoms with van der Waals surface area (Å²) in [4.78, 5) is 33.1. The SMILES string of the molecule is CC(=O)OCC1O[C@H](Br)[C@@H](OC(C)=O)C(OC(C)=O)[C@H]1O. The molecule has 2 unspecified atom stereocenters. The van der Waals surface area contributed by atoms with Crippen LogP contribution in [0.15, 0.2) is 0 Å². The minimum absolute atomic E-state index is 0.219. The Kier molecular flexibility index (Phi) is 6.56. The summed E-state index contributed by atoms with van der Waals surface area (Å²) in [5.74, 6) is -1.80. The summed E-state index contributed by atoms with van der Waals surface area (Å²) in [7, 11) is 0. The molecule has 5 atom stereocenters. The molecule has 0 amide bonds. The Morgan fingerprint density at radius 2 is 1.57 bits per heavy atom.